The van der Waals surface area contributed by atoms with Crippen LogP contribution in [0.3, 0.4) is 0 Å². The number of aromatic amines is 1. The summed E-state index contributed by atoms with van der Waals surface area (Å²) < 4.78 is 0. The lowest BCUT2D eigenvalue weighted by Gasteiger charge is -2.28. The van der Waals surface area contributed by atoms with E-state index >= 15 is 0 Å². The summed E-state index contributed by atoms with van der Waals surface area (Å²) in [5.41, 5.74) is 6.58. The molecule has 3 rings (SSSR count). The number of fused-ring (bicyclic) bond motifs is 1. The van der Waals surface area contributed by atoms with E-state index in [1.807, 2.05) is 32.0 Å². The number of hydrogen-bond donors (Lipinski definition) is 2. The topological polar surface area (TPSA) is 92.1 Å². The summed E-state index contributed by atoms with van der Waals surface area (Å²) in [5.74, 6) is 0.854. The van der Waals surface area contributed by atoms with E-state index in [0.717, 1.165) is 19.3 Å². The number of hydrogen-bond acceptors (Lipinski definition) is 4. The second-order valence-electron chi connectivity index (χ2n) is 7.20. The molecule has 0 radical (unpaired) electrons. The Labute approximate surface area is 159 Å². The average molecular weight is 379 g/mol. The summed E-state index contributed by atoms with van der Waals surface area (Å²) in [5, 5.41) is 0.561. The Morgan fingerprint density at radius 3 is 2.73 bits per heavy atom. The molecule has 0 unspecified atom stereocenters. The maximum absolute atomic E-state index is 12.8. The Bertz CT molecular complexity index is 821. The summed E-state index contributed by atoms with van der Waals surface area (Å²) in [6.45, 7) is 4.26. The molecule has 1 saturated carbocycles. The molecule has 0 aliphatic heterocycles. The van der Waals surface area contributed by atoms with Crippen LogP contribution in [0.5, 0.6) is 0 Å². The fourth-order valence-corrected chi connectivity index (χ4v) is 3.59. The quantitative estimate of drug-likeness (QED) is 0.836. The Hall–Kier alpha value is -1.92. The first-order valence-electron chi connectivity index (χ1n) is 8.98. The standard InChI is InChI=1S/C19H26N4O2.ClH/c1-12(2)23(18(24)10-13-6-5-8-15(13)20)11-17-21-16-9-4-3-7-14(16)19(25)22-17;/h3-4,7,9,12-13,15H,5-6,8,10-11,20H2,1-2H3,(H,21,22,25);1H/t13-,15+;/m0./s1. The zero-order chi connectivity index (χ0) is 18.0. The molecular weight excluding hydrogens is 352 g/mol. The molecule has 2 aromatic rings. The normalized spacial score (nSPS) is 19.5. The van der Waals surface area contributed by atoms with Crippen LogP contribution in [0.15, 0.2) is 29.1 Å². The zero-order valence-corrected chi connectivity index (χ0v) is 16.1. The number of halogens is 1. The number of para-hydroxylation sites is 1. The van der Waals surface area contributed by atoms with Gasteiger partial charge in [-0.2, -0.15) is 0 Å². The summed E-state index contributed by atoms with van der Waals surface area (Å²) in [6, 6.07) is 7.38. The van der Waals surface area contributed by atoms with Crippen LogP contribution in [-0.4, -0.2) is 32.9 Å². The Morgan fingerprint density at radius 2 is 2.08 bits per heavy atom. The van der Waals surface area contributed by atoms with Crippen LogP contribution < -0.4 is 11.3 Å². The first-order chi connectivity index (χ1) is 12.0. The molecule has 6 nitrogen and oxygen atoms in total. The van der Waals surface area contributed by atoms with E-state index in [4.69, 9.17) is 5.73 Å². The second kappa shape index (κ2) is 8.64. The first-order valence-corrected chi connectivity index (χ1v) is 8.98. The smallest absolute Gasteiger partial charge is 0.258 e. The van der Waals surface area contributed by atoms with Crippen LogP contribution in [0.25, 0.3) is 10.9 Å². The van der Waals surface area contributed by atoms with Crippen LogP contribution in [0.1, 0.15) is 45.4 Å². The summed E-state index contributed by atoms with van der Waals surface area (Å²) in [7, 11) is 0. The number of H-pyrrole nitrogens is 1. The van der Waals surface area contributed by atoms with E-state index in [9.17, 15) is 9.59 Å². The lowest BCUT2D eigenvalue weighted by molar-refractivity contribution is -0.134. The summed E-state index contributed by atoms with van der Waals surface area (Å²) in [6.07, 6.45) is 3.58. The van der Waals surface area contributed by atoms with Gasteiger partial charge in [-0.05, 0) is 44.7 Å². The fourth-order valence-electron chi connectivity index (χ4n) is 3.59. The predicted octanol–water partition coefficient (Wildman–Crippen LogP) is 2.60. The molecule has 2 atom stereocenters. The van der Waals surface area contributed by atoms with Crippen molar-refractivity contribution in [3.8, 4) is 0 Å². The molecule has 1 aliphatic carbocycles. The molecule has 1 fully saturated rings. The largest absolute Gasteiger partial charge is 0.333 e. The molecule has 0 saturated heterocycles. The van der Waals surface area contributed by atoms with E-state index in [1.165, 1.54) is 0 Å². The third-order valence-electron chi connectivity index (χ3n) is 5.08. The molecule has 1 aliphatic rings. The fraction of sp³-hybridized carbons (Fsp3) is 0.526. The molecule has 1 aromatic heterocycles. The Balaban J connectivity index is 0.00000243. The molecule has 1 heterocycles. The third-order valence-corrected chi connectivity index (χ3v) is 5.08. The highest BCUT2D eigenvalue weighted by atomic mass is 35.5. The number of aromatic nitrogens is 2. The molecule has 7 heteroatoms. The summed E-state index contributed by atoms with van der Waals surface area (Å²) in [4.78, 5) is 34.1. The molecule has 26 heavy (non-hydrogen) atoms. The third kappa shape index (κ3) is 4.43. The van der Waals surface area contributed by atoms with E-state index in [0.29, 0.717) is 29.7 Å². The van der Waals surface area contributed by atoms with Crippen molar-refractivity contribution in [2.45, 2.75) is 58.2 Å². The number of rotatable bonds is 5. The number of benzene rings is 1. The van der Waals surface area contributed by atoms with Crippen LogP contribution in [0, 0.1) is 5.92 Å². The number of carbonyl (C=O) groups is 1. The van der Waals surface area contributed by atoms with Gasteiger partial charge in [-0.15, -0.1) is 12.4 Å². The van der Waals surface area contributed by atoms with Crippen LogP contribution in [0.4, 0.5) is 0 Å². The molecule has 142 valence electrons. The van der Waals surface area contributed by atoms with E-state index in [-0.39, 0.29) is 41.9 Å². The highest BCUT2D eigenvalue weighted by molar-refractivity contribution is 5.85. The van der Waals surface area contributed by atoms with Gasteiger partial charge in [0.05, 0.1) is 17.4 Å². The molecule has 0 bridgehead atoms. The van der Waals surface area contributed by atoms with Gasteiger partial charge in [0.25, 0.3) is 5.56 Å². The maximum Gasteiger partial charge on any atom is 0.258 e. The number of nitrogens with zero attached hydrogens (tertiary/aromatic N) is 2. The van der Waals surface area contributed by atoms with E-state index < -0.39 is 0 Å². The van der Waals surface area contributed by atoms with Crippen LogP contribution in [0.2, 0.25) is 0 Å². The highest BCUT2D eigenvalue weighted by Gasteiger charge is 2.29. The van der Waals surface area contributed by atoms with Gasteiger partial charge in [0, 0.05) is 18.5 Å². The van der Waals surface area contributed by atoms with Crippen LogP contribution >= 0.6 is 12.4 Å². The SMILES string of the molecule is CC(C)N(Cc1nc2ccccc2c(=O)[nH]1)C(=O)C[C@@H]1CCC[C@H]1N.Cl. The van der Waals surface area contributed by atoms with Gasteiger partial charge in [-0.25, -0.2) is 4.98 Å². The number of carbonyl (C=O) groups excluding carboxylic acids is 1. The van der Waals surface area contributed by atoms with E-state index in [2.05, 4.69) is 9.97 Å². The van der Waals surface area contributed by atoms with Crippen molar-refractivity contribution in [2.75, 3.05) is 0 Å². The predicted molar refractivity (Wildman–Crippen MR) is 105 cm³/mol. The minimum absolute atomic E-state index is 0. The van der Waals surface area contributed by atoms with Crippen molar-refractivity contribution in [3.05, 3.63) is 40.4 Å². The zero-order valence-electron chi connectivity index (χ0n) is 15.3. The van der Waals surface area contributed by atoms with Gasteiger partial charge in [0.15, 0.2) is 0 Å². The van der Waals surface area contributed by atoms with Crippen molar-refractivity contribution >= 4 is 29.2 Å². The van der Waals surface area contributed by atoms with Crippen molar-refractivity contribution in [1.29, 1.82) is 0 Å². The van der Waals surface area contributed by atoms with Crippen molar-refractivity contribution in [3.63, 3.8) is 0 Å². The highest BCUT2D eigenvalue weighted by Crippen LogP contribution is 2.28. The van der Waals surface area contributed by atoms with E-state index in [1.54, 1.807) is 11.0 Å². The first kappa shape index (κ1) is 20.4. The molecular formula is C19H27ClN4O2. The number of nitrogens with two attached hydrogens (primary N) is 1. The lowest BCUT2D eigenvalue weighted by Crippen LogP contribution is -2.39. The minimum Gasteiger partial charge on any atom is -0.333 e. The van der Waals surface area contributed by atoms with Gasteiger partial charge < -0.3 is 15.6 Å². The van der Waals surface area contributed by atoms with Gasteiger partial charge in [-0.3, -0.25) is 9.59 Å². The maximum atomic E-state index is 12.8. The lowest BCUT2D eigenvalue weighted by atomic mass is 9.99. The second-order valence-corrected chi connectivity index (χ2v) is 7.20. The van der Waals surface area contributed by atoms with Crippen molar-refractivity contribution in [2.24, 2.45) is 11.7 Å². The molecule has 0 spiro atoms. The summed E-state index contributed by atoms with van der Waals surface area (Å²) >= 11 is 0. The molecule has 1 amide bonds. The van der Waals surface area contributed by atoms with Crippen molar-refractivity contribution < 1.29 is 4.79 Å². The molecule has 3 N–H and O–H groups in total. The van der Waals surface area contributed by atoms with Crippen molar-refractivity contribution in [1.82, 2.24) is 14.9 Å². The Morgan fingerprint density at radius 1 is 1.35 bits per heavy atom. The monoisotopic (exact) mass is 378 g/mol. The number of nitrogens with one attached hydrogen (secondary N) is 1. The van der Waals surface area contributed by atoms with Crippen LogP contribution in [-0.2, 0) is 11.3 Å². The molecule has 1 aromatic carbocycles. The Kier molecular flexibility index (Phi) is 6.78. The van der Waals surface area contributed by atoms with Gasteiger partial charge >= 0.3 is 0 Å². The number of amides is 1. The average Bonchev–Trinajstić information content (AvgIpc) is 2.97. The van der Waals surface area contributed by atoms with Gasteiger partial charge in [-0.1, -0.05) is 18.6 Å². The minimum atomic E-state index is -0.172. The van der Waals surface area contributed by atoms with Gasteiger partial charge in [0.1, 0.15) is 5.82 Å². The van der Waals surface area contributed by atoms with Gasteiger partial charge in [0.2, 0.25) is 5.91 Å².